The number of fused-ring (bicyclic) bond motifs is 1. The van der Waals surface area contributed by atoms with Crippen molar-refractivity contribution in [1.82, 2.24) is 15.3 Å². The van der Waals surface area contributed by atoms with E-state index in [4.69, 9.17) is 14.2 Å². The molecule has 4 rings (SSSR count). The van der Waals surface area contributed by atoms with Gasteiger partial charge in [0, 0.05) is 26.2 Å². The van der Waals surface area contributed by atoms with E-state index in [1.807, 2.05) is 24.3 Å². The lowest BCUT2D eigenvalue weighted by molar-refractivity contribution is 0.0521. The normalized spacial score (nSPS) is 19.8. The third kappa shape index (κ3) is 3.35. The molecule has 7 heteroatoms. The van der Waals surface area contributed by atoms with Crippen LogP contribution in [0.1, 0.15) is 0 Å². The largest absolute Gasteiger partial charge is 0.486 e. The van der Waals surface area contributed by atoms with Crippen LogP contribution in [0.15, 0.2) is 36.7 Å². The average Bonchev–Trinajstić information content (AvgIpc) is 2.67. The number of para-hydroxylation sites is 2. The molecule has 7 nitrogen and oxygen atoms in total. The van der Waals surface area contributed by atoms with Gasteiger partial charge in [0.1, 0.15) is 13.2 Å². The number of aromatic nitrogens is 2. The van der Waals surface area contributed by atoms with Crippen LogP contribution in [0.25, 0.3) is 0 Å². The predicted octanol–water partition coefficient (Wildman–Crippen LogP) is 1.10. The molecule has 1 aromatic heterocycles. The second-order valence-corrected chi connectivity index (χ2v) is 5.76. The third-order valence-corrected chi connectivity index (χ3v) is 4.03. The van der Waals surface area contributed by atoms with Crippen molar-refractivity contribution >= 4 is 5.82 Å². The third-order valence-electron chi connectivity index (χ3n) is 4.03. The minimum atomic E-state index is -0.162. The van der Waals surface area contributed by atoms with Crippen LogP contribution < -0.4 is 24.4 Å². The zero-order valence-electron chi connectivity index (χ0n) is 13.4. The number of hydrogen-bond acceptors (Lipinski definition) is 7. The Bertz CT molecular complexity index is 691. The Kier molecular flexibility index (Phi) is 4.33. The van der Waals surface area contributed by atoms with Crippen LogP contribution in [0.2, 0.25) is 0 Å². The number of benzene rings is 1. The summed E-state index contributed by atoms with van der Waals surface area (Å²) >= 11 is 0. The smallest absolute Gasteiger partial charge is 0.234 e. The van der Waals surface area contributed by atoms with Gasteiger partial charge in [0.25, 0.3) is 0 Å². The molecule has 3 heterocycles. The van der Waals surface area contributed by atoms with Gasteiger partial charge < -0.3 is 24.4 Å². The fraction of sp³-hybridized carbons (Fsp3) is 0.412. The van der Waals surface area contributed by atoms with Crippen molar-refractivity contribution in [2.24, 2.45) is 0 Å². The molecule has 0 amide bonds. The maximum absolute atomic E-state index is 5.88. The zero-order chi connectivity index (χ0) is 16.2. The van der Waals surface area contributed by atoms with E-state index in [1.54, 1.807) is 12.4 Å². The van der Waals surface area contributed by atoms with Gasteiger partial charge >= 0.3 is 0 Å². The van der Waals surface area contributed by atoms with Crippen LogP contribution in [0.3, 0.4) is 0 Å². The molecule has 0 unspecified atom stereocenters. The molecule has 0 radical (unpaired) electrons. The highest BCUT2D eigenvalue weighted by molar-refractivity contribution is 5.41. The van der Waals surface area contributed by atoms with E-state index in [2.05, 4.69) is 20.2 Å². The molecule has 2 aromatic rings. The predicted molar refractivity (Wildman–Crippen MR) is 89.0 cm³/mol. The Morgan fingerprint density at radius 2 is 2.00 bits per heavy atom. The van der Waals surface area contributed by atoms with E-state index >= 15 is 0 Å². The van der Waals surface area contributed by atoms with E-state index in [-0.39, 0.29) is 6.10 Å². The maximum atomic E-state index is 5.88. The summed E-state index contributed by atoms with van der Waals surface area (Å²) < 4.78 is 17.3. The van der Waals surface area contributed by atoms with Gasteiger partial charge in [0.2, 0.25) is 5.88 Å². The van der Waals surface area contributed by atoms with Gasteiger partial charge in [-0.25, -0.2) is 0 Å². The van der Waals surface area contributed by atoms with Gasteiger partial charge in [-0.15, -0.1) is 0 Å². The standard InChI is InChI=1S/C17H20N4O3/c1-2-4-15-14(3-1)22-11-13(24-15)12-23-17-10-19-9-16(20-17)21-7-5-18-6-8-21/h1-4,9-10,13,18H,5-8,11-12H2/t13-/m0/s1. The Hall–Kier alpha value is -2.54. The van der Waals surface area contributed by atoms with Gasteiger partial charge in [0.15, 0.2) is 23.4 Å². The molecule has 0 aliphatic carbocycles. The van der Waals surface area contributed by atoms with Crippen molar-refractivity contribution in [3.63, 3.8) is 0 Å². The molecule has 0 spiro atoms. The summed E-state index contributed by atoms with van der Waals surface area (Å²) in [5.74, 6) is 2.88. The summed E-state index contributed by atoms with van der Waals surface area (Å²) in [6, 6.07) is 7.64. The molecule has 24 heavy (non-hydrogen) atoms. The summed E-state index contributed by atoms with van der Waals surface area (Å²) in [6.07, 6.45) is 3.24. The molecule has 1 aromatic carbocycles. The van der Waals surface area contributed by atoms with Crippen LogP contribution in [-0.4, -0.2) is 55.5 Å². The van der Waals surface area contributed by atoms with E-state index in [0.29, 0.717) is 19.1 Å². The average molecular weight is 328 g/mol. The lowest BCUT2D eigenvalue weighted by atomic mass is 10.3. The van der Waals surface area contributed by atoms with Crippen LogP contribution >= 0.6 is 0 Å². The lowest BCUT2D eigenvalue weighted by Crippen LogP contribution is -2.44. The van der Waals surface area contributed by atoms with Crippen molar-refractivity contribution in [3.8, 4) is 17.4 Å². The summed E-state index contributed by atoms with van der Waals surface area (Å²) in [7, 11) is 0. The SMILES string of the molecule is c1ccc2c(c1)OC[C@@H](COc1cncc(N3CCNCC3)n1)O2. The first-order chi connectivity index (χ1) is 11.9. The molecule has 1 saturated heterocycles. The number of ether oxygens (including phenoxy) is 3. The van der Waals surface area contributed by atoms with Crippen LogP contribution in [0.5, 0.6) is 17.4 Å². The van der Waals surface area contributed by atoms with Gasteiger partial charge in [-0.1, -0.05) is 12.1 Å². The Morgan fingerprint density at radius 3 is 2.88 bits per heavy atom. The molecule has 0 bridgehead atoms. The number of rotatable bonds is 4. The van der Waals surface area contributed by atoms with Crippen molar-refractivity contribution in [1.29, 1.82) is 0 Å². The van der Waals surface area contributed by atoms with Gasteiger partial charge in [-0.3, -0.25) is 4.98 Å². The van der Waals surface area contributed by atoms with Crippen LogP contribution in [0.4, 0.5) is 5.82 Å². The van der Waals surface area contributed by atoms with Crippen molar-refractivity contribution in [3.05, 3.63) is 36.7 Å². The van der Waals surface area contributed by atoms with E-state index < -0.39 is 0 Å². The fourth-order valence-electron chi connectivity index (χ4n) is 2.78. The molecule has 1 atom stereocenters. The summed E-state index contributed by atoms with van der Waals surface area (Å²) in [5.41, 5.74) is 0. The molecule has 1 N–H and O–H groups in total. The first-order valence-electron chi connectivity index (χ1n) is 8.17. The van der Waals surface area contributed by atoms with Crippen molar-refractivity contribution in [2.45, 2.75) is 6.10 Å². The number of piperazine rings is 1. The Balaban J connectivity index is 1.36. The molecule has 0 saturated carbocycles. The maximum Gasteiger partial charge on any atom is 0.234 e. The Labute approximate surface area is 140 Å². The van der Waals surface area contributed by atoms with Gasteiger partial charge in [0.05, 0.1) is 12.4 Å². The van der Waals surface area contributed by atoms with Crippen LogP contribution in [-0.2, 0) is 0 Å². The molecular weight excluding hydrogens is 308 g/mol. The minimum Gasteiger partial charge on any atom is -0.486 e. The van der Waals surface area contributed by atoms with E-state index in [1.165, 1.54) is 0 Å². The number of anilines is 1. The second kappa shape index (κ2) is 6.92. The second-order valence-electron chi connectivity index (χ2n) is 5.76. The highest BCUT2D eigenvalue weighted by atomic mass is 16.6. The van der Waals surface area contributed by atoms with E-state index in [0.717, 1.165) is 43.5 Å². The molecule has 2 aliphatic rings. The topological polar surface area (TPSA) is 68.7 Å². The number of hydrogen-bond donors (Lipinski definition) is 1. The van der Waals surface area contributed by atoms with Crippen molar-refractivity contribution in [2.75, 3.05) is 44.3 Å². The molecular formula is C17H20N4O3. The van der Waals surface area contributed by atoms with Crippen molar-refractivity contribution < 1.29 is 14.2 Å². The van der Waals surface area contributed by atoms with Gasteiger partial charge in [-0.05, 0) is 12.1 Å². The first-order valence-corrected chi connectivity index (χ1v) is 8.17. The van der Waals surface area contributed by atoms with E-state index in [9.17, 15) is 0 Å². The monoisotopic (exact) mass is 328 g/mol. The highest BCUT2D eigenvalue weighted by Crippen LogP contribution is 2.30. The quantitative estimate of drug-likeness (QED) is 0.901. The summed E-state index contributed by atoms with van der Waals surface area (Å²) in [6.45, 7) is 4.60. The summed E-state index contributed by atoms with van der Waals surface area (Å²) in [4.78, 5) is 11.0. The first kappa shape index (κ1) is 15.0. The summed E-state index contributed by atoms with van der Waals surface area (Å²) in [5, 5.41) is 3.32. The molecule has 126 valence electrons. The molecule has 2 aliphatic heterocycles. The number of nitrogens with one attached hydrogen (secondary N) is 1. The molecule has 1 fully saturated rings. The lowest BCUT2D eigenvalue weighted by Gasteiger charge is -2.28. The highest BCUT2D eigenvalue weighted by Gasteiger charge is 2.21. The van der Waals surface area contributed by atoms with Crippen LogP contribution in [0, 0.1) is 0 Å². The Morgan fingerprint density at radius 1 is 1.17 bits per heavy atom. The fourth-order valence-corrected chi connectivity index (χ4v) is 2.78. The minimum absolute atomic E-state index is 0.162. The van der Waals surface area contributed by atoms with Gasteiger partial charge in [-0.2, -0.15) is 4.98 Å². The zero-order valence-corrected chi connectivity index (χ0v) is 13.4. The number of nitrogens with zero attached hydrogens (tertiary/aromatic N) is 3.